The molecule has 1 saturated heterocycles. The second kappa shape index (κ2) is 6.85. The molecule has 2 N–H and O–H groups in total. The molecule has 5 heteroatoms. The van der Waals surface area contributed by atoms with Gasteiger partial charge in [0.2, 0.25) is 0 Å². The predicted octanol–water partition coefficient (Wildman–Crippen LogP) is 1.34. The first-order valence-corrected chi connectivity index (χ1v) is 7.47. The number of hydrogen-bond acceptors (Lipinski definition) is 4. The Morgan fingerprint density at radius 2 is 1.81 bits per heavy atom. The van der Waals surface area contributed by atoms with E-state index in [1.165, 1.54) is 5.56 Å². The van der Waals surface area contributed by atoms with Crippen molar-refractivity contribution in [3.8, 4) is 11.1 Å². The topological polar surface area (TPSA) is 56.3 Å². The molecule has 0 unspecified atom stereocenters. The Hall–Kier alpha value is -1.69. The van der Waals surface area contributed by atoms with Gasteiger partial charge in [-0.1, -0.05) is 24.3 Å². The number of rotatable bonds is 5. The molecular formula is C16H22N4O. The van der Waals surface area contributed by atoms with Crippen molar-refractivity contribution in [2.45, 2.75) is 13.1 Å². The third-order valence-corrected chi connectivity index (χ3v) is 3.91. The third kappa shape index (κ3) is 3.69. The second-order valence-electron chi connectivity index (χ2n) is 5.35. The van der Waals surface area contributed by atoms with Crippen molar-refractivity contribution < 1.29 is 4.74 Å². The summed E-state index contributed by atoms with van der Waals surface area (Å²) in [6.45, 7) is 6.26. The van der Waals surface area contributed by atoms with Gasteiger partial charge in [-0.2, -0.15) is 5.10 Å². The van der Waals surface area contributed by atoms with E-state index < -0.39 is 0 Å². The van der Waals surface area contributed by atoms with Gasteiger partial charge in [-0.25, -0.2) is 0 Å². The number of morpholine rings is 1. The Labute approximate surface area is 125 Å². The van der Waals surface area contributed by atoms with E-state index in [0.29, 0.717) is 6.54 Å². The van der Waals surface area contributed by atoms with Crippen LogP contribution in [0.15, 0.2) is 36.7 Å². The van der Waals surface area contributed by atoms with Crippen LogP contribution in [0.5, 0.6) is 0 Å². The molecule has 112 valence electrons. The highest BCUT2D eigenvalue weighted by molar-refractivity contribution is 5.61. The summed E-state index contributed by atoms with van der Waals surface area (Å²) < 4.78 is 7.38. The zero-order valence-electron chi connectivity index (χ0n) is 12.2. The molecule has 1 aromatic carbocycles. The maximum atomic E-state index is 5.62. The molecule has 1 fully saturated rings. The van der Waals surface area contributed by atoms with Crippen LogP contribution in [-0.2, 0) is 17.8 Å². The Kier molecular flexibility index (Phi) is 4.65. The van der Waals surface area contributed by atoms with Crippen molar-refractivity contribution >= 4 is 0 Å². The highest BCUT2D eigenvalue weighted by Crippen LogP contribution is 2.19. The lowest BCUT2D eigenvalue weighted by molar-refractivity contribution is 0.0360. The van der Waals surface area contributed by atoms with Gasteiger partial charge >= 0.3 is 0 Å². The lowest BCUT2D eigenvalue weighted by atomic mass is 10.1. The largest absolute Gasteiger partial charge is 0.379 e. The molecule has 1 aliphatic rings. The lowest BCUT2D eigenvalue weighted by Crippen LogP contribution is -2.38. The fourth-order valence-corrected chi connectivity index (χ4v) is 2.54. The Morgan fingerprint density at radius 3 is 2.52 bits per heavy atom. The van der Waals surface area contributed by atoms with Crippen LogP contribution < -0.4 is 5.73 Å². The summed E-state index contributed by atoms with van der Waals surface area (Å²) >= 11 is 0. The highest BCUT2D eigenvalue weighted by Gasteiger charge is 2.10. The number of aromatic nitrogens is 2. The van der Waals surface area contributed by atoms with E-state index in [9.17, 15) is 0 Å². The average Bonchev–Trinajstić information content (AvgIpc) is 3.03. The maximum absolute atomic E-state index is 5.62. The molecule has 1 aromatic heterocycles. The first-order valence-electron chi connectivity index (χ1n) is 7.47. The normalized spacial score (nSPS) is 16.2. The summed E-state index contributed by atoms with van der Waals surface area (Å²) in [4.78, 5) is 2.42. The van der Waals surface area contributed by atoms with Crippen molar-refractivity contribution in [1.29, 1.82) is 0 Å². The van der Waals surface area contributed by atoms with Gasteiger partial charge in [0, 0.05) is 37.9 Å². The van der Waals surface area contributed by atoms with Crippen LogP contribution in [0.2, 0.25) is 0 Å². The van der Waals surface area contributed by atoms with Crippen LogP contribution in [0.1, 0.15) is 5.56 Å². The van der Waals surface area contributed by atoms with E-state index in [4.69, 9.17) is 10.5 Å². The van der Waals surface area contributed by atoms with Gasteiger partial charge < -0.3 is 10.5 Å². The molecule has 0 spiro atoms. The van der Waals surface area contributed by atoms with Gasteiger partial charge in [0.25, 0.3) is 0 Å². The van der Waals surface area contributed by atoms with Crippen LogP contribution >= 0.6 is 0 Å². The summed E-state index contributed by atoms with van der Waals surface area (Å²) in [6.07, 6.45) is 4.04. The minimum absolute atomic E-state index is 0.582. The fourth-order valence-electron chi connectivity index (χ4n) is 2.54. The van der Waals surface area contributed by atoms with Gasteiger partial charge in [-0.15, -0.1) is 0 Å². The molecule has 21 heavy (non-hydrogen) atoms. The molecule has 3 rings (SSSR count). The molecular weight excluding hydrogens is 264 g/mol. The first kappa shape index (κ1) is 14.3. The number of nitrogens with two attached hydrogens (primary N) is 1. The average molecular weight is 286 g/mol. The predicted molar refractivity (Wildman–Crippen MR) is 82.8 cm³/mol. The van der Waals surface area contributed by atoms with Crippen LogP contribution in [0.4, 0.5) is 0 Å². The smallest absolute Gasteiger partial charge is 0.0594 e. The minimum Gasteiger partial charge on any atom is -0.379 e. The highest BCUT2D eigenvalue weighted by atomic mass is 16.5. The van der Waals surface area contributed by atoms with Gasteiger partial charge in [0.1, 0.15) is 0 Å². The molecule has 2 heterocycles. The van der Waals surface area contributed by atoms with Gasteiger partial charge in [-0.05, 0) is 11.1 Å². The zero-order chi connectivity index (χ0) is 14.5. The lowest BCUT2D eigenvalue weighted by Gasteiger charge is -2.26. The fraction of sp³-hybridized carbons (Fsp3) is 0.438. The monoisotopic (exact) mass is 286 g/mol. The van der Waals surface area contributed by atoms with E-state index >= 15 is 0 Å². The van der Waals surface area contributed by atoms with E-state index in [1.807, 2.05) is 10.9 Å². The second-order valence-corrected chi connectivity index (χ2v) is 5.35. The van der Waals surface area contributed by atoms with Gasteiger partial charge in [0.15, 0.2) is 0 Å². The molecule has 5 nitrogen and oxygen atoms in total. The van der Waals surface area contributed by atoms with E-state index in [-0.39, 0.29) is 0 Å². The molecule has 0 aliphatic carbocycles. The zero-order valence-corrected chi connectivity index (χ0v) is 12.2. The maximum Gasteiger partial charge on any atom is 0.0594 e. The van der Waals surface area contributed by atoms with Crippen LogP contribution in [0.25, 0.3) is 11.1 Å². The molecule has 1 aliphatic heterocycles. The summed E-state index contributed by atoms with van der Waals surface area (Å²) in [5.74, 6) is 0. The SMILES string of the molecule is NCc1ccc(-c2cnn(CCN3CCOCC3)c2)cc1. The molecule has 0 saturated carbocycles. The van der Waals surface area contributed by atoms with Crippen LogP contribution in [-0.4, -0.2) is 47.5 Å². The van der Waals surface area contributed by atoms with Crippen molar-refractivity contribution in [3.63, 3.8) is 0 Å². The van der Waals surface area contributed by atoms with Gasteiger partial charge in [0.05, 0.1) is 26.0 Å². The number of benzene rings is 1. The number of ether oxygens (including phenoxy) is 1. The van der Waals surface area contributed by atoms with Gasteiger partial charge in [-0.3, -0.25) is 9.58 Å². The summed E-state index contributed by atoms with van der Waals surface area (Å²) in [5, 5.41) is 4.45. The van der Waals surface area contributed by atoms with Crippen molar-refractivity contribution in [1.82, 2.24) is 14.7 Å². The summed E-state index contributed by atoms with van der Waals surface area (Å²) in [5.41, 5.74) is 9.11. The molecule has 0 radical (unpaired) electrons. The molecule has 0 atom stereocenters. The van der Waals surface area contributed by atoms with Crippen molar-refractivity contribution in [2.75, 3.05) is 32.8 Å². The van der Waals surface area contributed by atoms with E-state index in [2.05, 4.69) is 40.5 Å². The van der Waals surface area contributed by atoms with Crippen molar-refractivity contribution in [3.05, 3.63) is 42.2 Å². The van der Waals surface area contributed by atoms with E-state index in [0.717, 1.165) is 50.5 Å². The Bertz CT molecular complexity index is 558. The Balaban J connectivity index is 1.59. The summed E-state index contributed by atoms with van der Waals surface area (Å²) in [7, 11) is 0. The van der Waals surface area contributed by atoms with Crippen molar-refractivity contribution in [2.24, 2.45) is 5.73 Å². The van der Waals surface area contributed by atoms with E-state index in [1.54, 1.807) is 0 Å². The van der Waals surface area contributed by atoms with Crippen LogP contribution in [0, 0.1) is 0 Å². The Morgan fingerprint density at radius 1 is 1.05 bits per heavy atom. The minimum atomic E-state index is 0.582. The van der Waals surface area contributed by atoms with Crippen LogP contribution in [0.3, 0.4) is 0 Å². The first-order chi connectivity index (χ1) is 10.3. The number of nitrogens with zero attached hydrogens (tertiary/aromatic N) is 3. The molecule has 0 amide bonds. The summed E-state index contributed by atoms with van der Waals surface area (Å²) in [6, 6.07) is 8.35. The molecule has 2 aromatic rings. The molecule has 0 bridgehead atoms. The number of hydrogen-bond donors (Lipinski definition) is 1. The third-order valence-electron chi connectivity index (χ3n) is 3.91. The standard InChI is InChI=1S/C16H22N4O/c17-11-14-1-3-15(4-2-14)16-12-18-20(13-16)6-5-19-7-9-21-10-8-19/h1-4,12-13H,5-11,17H2. The quantitative estimate of drug-likeness (QED) is 0.901.